The van der Waals surface area contributed by atoms with Crippen LogP contribution < -0.4 is 20.9 Å². The lowest BCUT2D eigenvalue weighted by atomic mass is 9.85. The summed E-state index contributed by atoms with van der Waals surface area (Å²) in [5, 5.41) is 23.3. The fourth-order valence-electron chi connectivity index (χ4n) is 6.58. The van der Waals surface area contributed by atoms with Crippen LogP contribution in [0, 0.1) is 5.41 Å². The molecule has 16 nitrogen and oxygen atoms in total. The van der Waals surface area contributed by atoms with Crippen LogP contribution in [0.4, 0.5) is 17.3 Å². The summed E-state index contributed by atoms with van der Waals surface area (Å²) in [5.41, 5.74) is 3.51. The molecule has 6 rings (SSSR count). The Hall–Kier alpha value is -5.10. The van der Waals surface area contributed by atoms with Crippen LogP contribution in [0.25, 0.3) is 16.9 Å². The van der Waals surface area contributed by atoms with Gasteiger partial charge in [0.15, 0.2) is 15.5 Å². The van der Waals surface area contributed by atoms with Gasteiger partial charge >= 0.3 is 0 Å². The molecule has 0 bridgehead atoms. The topological polar surface area (TPSA) is 191 Å². The molecule has 294 valence electrons. The lowest BCUT2D eigenvalue weighted by molar-refractivity contribution is -0.140. The SMILES string of the molecule is CC(C)(C)[C@H](NC(=O)COCCNC(=O)CN1CCN(c2ccc(Nc3nc4cccc(-c5ccc(S(C)(=O)=O)cc5)n4n3)cc2)C1)C(=O)N1CCC(O)C1. The average molecular weight is 776 g/mol. The van der Waals surface area contributed by atoms with Gasteiger partial charge in [0.05, 0.1) is 36.5 Å². The summed E-state index contributed by atoms with van der Waals surface area (Å²) in [4.78, 5) is 48.9. The number of ether oxygens (including phenoxy) is 1. The molecule has 0 radical (unpaired) electrons. The van der Waals surface area contributed by atoms with Gasteiger partial charge in [-0.1, -0.05) is 39.0 Å². The van der Waals surface area contributed by atoms with Gasteiger partial charge in [-0.15, -0.1) is 5.10 Å². The van der Waals surface area contributed by atoms with E-state index in [0.717, 1.165) is 35.7 Å². The van der Waals surface area contributed by atoms with Crippen molar-refractivity contribution in [1.82, 2.24) is 35.0 Å². The van der Waals surface area contributed by atoms with Gasteiger partial charge in [0, 0.05) is 55.9 Å². The number of β-amino-alcohol motifs (C(OH)–C–C–N with tert-alkyl or cyclic N) is 1. The molecule has 1 unspecified atom stereocenters. The normalized spacial score (nSPS) is 17.1. The molecule has 3 amide bonds. The van der Waals surface area contributed by atoms with Gasteiger partial charge in [0.2, 0.25) is 23.7 Å². The number of rotatable bonds is 14. The molecule has 2 fully saturated rings. The largest absolute Gasteiger partial charge is 0.391 e. The van der Waals surface area contributed by atoms with Crippen molar-refractivity contribution in [3.63, 3.8) is 0 Å². The molecule has 0 saturated carbocycles. The molecule has 0 spiro atoms. The number of nitrogens with one attached hydrogen (secondary N) is 3. The number of aliphatic hydroxyl groups excluding tert-OH is 1. The van der Waals surface area contributed by atoms with Crippen LogP contribution in [0.3, 0.4) is 0 Å². The van der Waals surface area contributed by atoms with Crippen LogP contribution in [-0.2, 0) is 29.0 Å². The van der Waals surface area contributed by atoms with Crippen molar-refractivity contribution in [2.75, 3.05) is 75.6 Å². The first kappa shape index (κ1) is 39.6. The predicted molar refractivity (Wildman–Crippen MR) is 207 cm³/mol. The number of pyridine rings is 1. The van der Waals surface area contributed by atoms with Crippen molar-refractivity contribution in [3.8, 4) is 11.3 Å². The van der Waals surface area contributed by atoms with Crippen molar-refractivity contribution in [2.45, 2.75) is 44.2 Å². The Bertz CT molecular complexity index is 2100. The Morgan fingerprint density at radius 2 is 1.73 bits per heavy atom. The van der Waals surface area contributed by atoms with E-state index in [1.165, 1.54) is 6.26 Å². The van der Waals surface area contributed by atoms with Crippen LogP contribution in [0.5, 0.6) is 0 Å². The molecular formula is C38H49N9O7S. The highest BCUT2D eigenvalue weighted by Gasteiger charge is 2.38. The van der Waals surface area contributed by atoms with Gasteiger partial charge in [-0.25, -0.2) is 12.9 Å². The number of anilines is 3. The summed E-state index contributed by atoms with van der Waals surface area (Å²) in [6, 6.07) is 19.4. The summed E-state index contributed by atoms with van der Waals surface area (Å²) in [6.45, 7) is 8.79. The first-order valence-corrected chi connectivity index (χ1v) is 20.1. The summed E-state index contributed by atoms with van der Waals surface area (Å²) >= 11 is 0. The number of likely N-dealkylation sites (tertiary alicyclic amines) is 1. The maximum atomic E-state index is 13.0. The number of carbonyl (C=O) groups excluding carboxylic acids is 3. The molecule has 55 heavy (non-hydrogen) atoms. The average Bonchev–Trinajstić information content (AvgIpc) is 3.89. The number of nitrogens with zero attached hydrogens (tertiary/aromatic N) is 6. The van der Waals surface area contributed by atoms with Crippen molar-refractivity contribution in [1.29, 1.82) is 0 Å². The first-order chi connectivity index (χ1) is 26.1. The number of aliphatic hydroxyl groups is 1. The zero-order valence-electron chi connectivity index (χ0n) is 31.6. The first-order valence-electron chi connectivity index (χ1n) is 18.3. The van der Waals surface area contributed by atoms with Crippen molar-refractivity contribution in [3.05, 3.63) is 66.7 Å². The maximum absolute atomic E-state index is 13.0. The van der Waals surface area contributed by atoms with E-state index in [-0.39, 0.29) is 49.6 Å². The fourth-order valence-corrected chi connectivity index (χ4v) is 7.21. The van der Waals surface area contributed by atoms with Crippen molar-refractivity contribution in [2.24, 2.45) is 5.41 Å². The summed E-state index contributed by atoms with van der Waals surface area (Å²) in [7, 11) is -3.30. The molecule has 4 aromatic rings. The van der Waals surface area contributed by atoms with Gasteiger partial charge in [-0.2, -0.15) is 4.98 Å². The van der Waals surface area contributed by atoms with Gasteiger partial charge < -0.3 is 35.6 Å². The lowest BCUT2D eigenvalue weighted by Crippen LogP contribution is -2.55. The Labute approximate surface area is 320 Å². The Kier molecular flexibility index (Phi) is 12.0. The van der Waals surface area contributed by atoms with Crippen LogP contribution in [0.15, 0.2) is 71.6 Å². The second-order valence-electron chi connectivity index (χ2n) is 15.0. The predicted octanol–water partition coefficient (Wildman–Crippen LogP) is 1.88. The summed E-state index contributed by atoms with van der Waals surface area (Å²) in [6.07, 6.45) is 1.17. The third kappa shape index (κ3) is 10.2. The molecule has 4 N–H and O–H groups in total. The highest BCUT2D eigenvalue weighted by molar-refractivity contribution is 7.90. The zero-order chi connectivity index (χ0) is 39.3. The standard InChI is InChI=1S/C38H49N9O7S/c1-38(2,3)35(36(51)45-18-16-29(48)22-45)42-34(50)24-54-21-17-39-33(49)23-44-19-20-46(25-44)28-12-10-27(11-13-28)40-37-41-32-7-5-6-31(47(32)43-37)26-8-14-30(15-9-26)55(4,52)53/h5-15,29,35,48H,16-25H2,1-4H3,(H,39,49)(H,40,43)(H,42,50)/t29?,35-/m1/s1. The highest BCUT2D eigenvalue weighted by atomic mass is 32.2. The maximum Gasteiger partial charge on any atom is 0.247 e. The van der Waals surface area contributed by atoms with Crippen LogP contribution in [0.1, 0.15) is 27.2 Å². The van der Waals surface area contributed by atoms with E-state index < -0.39 is 33.3 Å². The van der Waals surface area contributed by atoms with Gasteiger partial charge in [-0.05, 0) is 60.4 Å². The molecule has 2 aromatic carbocycles. The third-order valence-corrected chi connectivity index (χ3v) is 10.7. The molecule has 2 saturated heterocycles. The molecule has 2 aliphatic rings. The van der Waals surface area contributed by atoms with E-state index >= 15 is 0 Å². The van der Waals surface area contributed by atoms with Crippen LogP contribution >= 0.6 is 0 Å². The number of hydrogen-bond acceptors (Lipinski definition) is 12. The minimum absolute atomic E-state index is 0.144. The molecule has 0 aliphatic carbocycles. The molecule has 4 heterocycles. The summed E-state index contributed by atoms with van der Waals surface area (Å²) in [5.74, 6) is -0.360. The number of carbonyl (C=O) groups is 3. The molecular weight excluding hydrogens is 727 g/mol. The molecule has 2 aliphatic heterocycles. The zero-order valence-corrected chi connectivity index (χ0v) is 32.4. The third-order valence-electron chi connectivity index (χ3n) is 9.55. The Balaban J connectivity index is 0.919. The highest BCUT2D eigenvalue weighted by Crippen LogP contribution is 2.26. The van der Waals surface area contributed by atoms with Crippen molar-refractivity contribution >= 4 is 50.5 Å². The smallest absolute Gasteiger partial charge is 0.247 e. The number of aromatic nitrogens is 3. The minimum atomic E-state index is -3.30. The lowest BCUT2D eigenvalue weighted by Gasteiger charge is -2.33. The Morgan fingerprint density at radius 1 is 0.982 bits per heavy atom. The van der Waals surface area contributed by atoms with Gasteiger partial charge in [0.1, 0.15) is 12.6 Å². The number of fused-ring (bicyclic) bond motifs is 1. The second-order valence-corrected chi connectivity index (χ2v) is 17.1. The van der Waals surface area contributed by atoms with Gasteiger partial charge in [0.25, 0.3) is 0 Å². The van der Waals surface area contributed by atoms with E-state index in [2.05, 4.69) is 30.9 Å². The van der Waals surface area contributed by atoms with E-state index in [1.54, 1.807) is 33.7 Å². The summed E-state index contributed by atoms with van der Waals surface area (Å²) < 4.78 is 31.0. The molecule has 2 aromatic heterocycles. The second kappa shape index (κ2) is 16.7. The number of amides is 3. The number of hydrogen-bond donors (Lipinski definition) is 4. The van der Waals surface area contributed by atoms with Gasteiger partial charge in [-0.3, -0.25) is 19.3 Å². The van der Waals surface area contributed by atoms with E-state index in [4.69, 9.17) is 4.74 Å². The molecule has 17 heteroatoms. The number of benzene rings is 2. The monoisotopic (exact) mass is 775 g/mol. The quantitative estimate of drug-likeness (QED) is 0.136. The van der Waals surface area contributed by atoms with E-state index in [9.17, 15) is 27.9 Å². The molecule has 2 atom stereocenters. The van der Waals surface area contributed by atoms with E-state index in [0.29, 0.717) is 31.2 Å². The fraction of sp³-hybridized carbons (Fsp3) is 0.447. The van der Waals surface area contributed by atoms with E-state index in [1.807, 2.05) is 68.1 Å². The van der Waals surface area contributed by atoms with Crippen molar-refractivity contribution < 1.29 is 32.6 Å². The Morgan fingerprint density at radius 3 is 2.40 bits per heavy atom. The number of sulfone groups is 1. The van der Waals surface area contributed by atoms with Crippen LogP contribution in [0.2, 0.25) is 0 Å². The van der Waals surface area contributed by atoms with Crippen LogP contribution in [-0.4, -0.2) is 133 Å². The minimum Gasteiger partial charge on any atom is -0.391 e.